The Labute approximate surface area is 195 Å². The Morgan fingerprint density at radius 3 is 2.67 bits per heavy atom. The number of halogens is 2. The summed E-state index contributed by atoms with van der Waals surface area (Å²) in [6.07, 6.45) is 0.0280. The lowest BCUT2D eigenvalue weighted by Gasteiger charge is -2.34. The van der Waals surface area contributed by atoms with E-state index in [2.05, 4.69) is 4.98 Å². The van der Waals surface area contributed by atoms with Gasteiger partial charge in [-0.15, -0.1) is 0 Å². The smallest absolute Gasteiger partial charge is 0.409 e. The quantitative estimate of drug-likeness (QED) is 0.311. The third kappa shape index (κ3) is 3.27. The highest BCUT2D eigenvalue weighted by atomic mass is 35.5. The van der Waals surface area contributed by atoms with Gasteiger partial charge in [-0.3, -0.25) is 4.79 Å². The third-order valence-electron chi connectivity index (χ3n) is 5.90. The zero-order valence-electron chi connectivity index (χ0n) is 17.0. The fourth-order valence-electron chi connectivity index (χ4n) is 4.41. The van der Waals surface area contributed by atoms with Crippen molar-refractivity contribution >= 4 is 50.9 Å². The van der Waals surface area contributed by atoms with Crippen molar-refractivity contribution in [2.24, 2.45) is 0 Å². The van der Waals surface area contributed by atoms with Crippen LogP contribution in [0.3, 0.4) is 0 Å². The molecular weight excluding hydrogens is 475 g/mol. The number of carbonyl (C=O) groups excluding carboxylic acids is 3. The van der Waals surface area contributed by atoms with Gasteiger partial charge in [0, 0.05) is 39.7 Å². The van der Waals surface area contributed by atoms with E-state index in [9.17, 15) is 19.2 Å². The lowest BCUT2D eigenvalue weighted by Crippen LogP contribution is -2.46. The van der Waals surface area contributed by atoms with E-state index < -0.39 is 22.4 Å². The summed E-state index contributed by atoms with van der Waals surface area (Å²) in [5.41, 5.74) is -1.51. The fourth-order valence-corrected chi connectivity index (χ4v) is 4.64. The molecule has 2 aromatic heterocycles. The monoisotopic (exact) mass is 488 g/mol. The highest BCUT2D eigenvalue weighted by Gasteiger charge is 2.50. The highest BCUT2D eigenvalue weighted by molar-refractivity contribution is 6.61. The molecule has 0 amide bonds. The van der Waals surface area contributed by atoms with Crippen LogP contribution in [0, 0.1) is 0 Å². The van der Waals surface area contributed by atoms with Crippen molar-refractivity contribution in [3.05, 3.63) is 57.4 Å². The molecule has 0 radical (unpaired) electrons. The summed E-state index contributed by atoms with van der Waals surface area (Å²) in [5, 5.41) is 0.687. The van der Waals surface area contributed by atoms with Gasteiger partial charge in [-0.25, -0.2) is 19.4 Å². The van der Waals surface area contributed by atoms with Crippen molar-refractivity contribution in [3.63, 3.8) is 0 Å². The van der Waals surface area contributed by atoms with Gasteiger partial charge < -0.3 is 18.8 Å². The first-order valence-electron chi connectivity index (χ1n) is 9.87. The maximum absolute atomic E-state index is 13.3. The van der Waals surface area contributed by atoms with Gasteiger partial charge in [0.05, 0.1) is 29.0 Å². The molecule has 0 saturated heterocycles. The Kier molecular flexibility index (Phi) is 4.91. The number of rotatable bonds is 3. The van der Waals surface area contributed by atoms with Crippen LogP contribution < -0.4 is 10.3 Å². The number of benzene rings is 1. The van der Waals surface area contributed by atoms with Crippen LogP contribution in [-0.4, -0.2) is 26.4 Å². The van der Waals surface area contributed by atoms with E-state index in [1.807, 2.05) is 6.07 Å². The van der Waals surface area contributed by atoms with Crippen LogP contribution in [0.5, 0.6) is 5.75 Å². The average molecular weight is 489 g/mol. The van der Waals surface area contributed by atoms with Crippen molar-refractivity contribution in [1.29, 1.82) is 0 Å². The normalized spacial score (nSPS) is 18.2. The molecule has 2 aliphatic heterocycles. The van der Waals surface area contributed by atoms with Gasteiger partial charge in [-0.05, 0) is 36.8 Å². The standard InChI is InChI=1S/C22H14Cl2N2O7/c1-2-22(33-21(24)30)14-7-16-17-11(8-26(16)18(27)13(14)9-31-19(22)28)5-10-6-12(32-20(23)29)3-4-15(10)25-17/h3-7H,2,8-9H2,1H3/t22-/m0/s1. The predicted molar refractivity (Wildman–Crippen MR) is 117 cm³/mol. The first kappa shape index (κ1) is 21.4. The summed E-state index contributed by atoms with van der Waals surface area (Å²) in [7, 11) is 0. The number of esters is 1. The van der Waals surface area contributed by atoms with Gasteiger partial charge in [-0.2, -0.15) is 0 Å². The number of cyclic esters (lactones) is 1. The second-order valence-electron chi connectivity index (χ2n) is 7.60. The van der Waals surface area contributed by atoms with Crippen molar-refractivity contribution < 1.29 is 28.6 Å². The van der Waals surface area contributed by atoms with Crippen LogP contribution >= 0.6 is 23.2 Å². The van der Waals surface area contributed by atoms with E-state index in [1.165, 1.54) is 4.57 Å². The summed E-state index contributed by atoms with van der Waals surface area (Å²) in [6, 6.07) is 8.30. The molecule has 1 atom stereocenters. The number of nitrogens with zero attached hydrogens (tertiary/aromatic N) is 2. The topological polar surface area (TPSA) is 114 Å². The number of hydrogen-bond acceptors (Lipinski definition) is 8. The molecule has 9 nitrogen and oxygen atoms in total. The maximum Gasteiger partial charge on any atom is 0.409 e. The van der Waals surface area contributed by atoms with Crippen LogP contribution in [0.2, 0.25) is 0 Å². The van der Waals surface area contributed by atoms with Crippen LogP contribution in [0.15, 0.2) is 35.1 Å². The minimum absolute atomic E-state index is 0.0280. The van der Waals surface area contributed by atoms with Gasteiger partial charge in [-0.1, -0.05) is 6.92 Å². The van der Waals surface area contributed by atoms with E-state index in [4.69, 9.17) is 37.4 Å². The number of fused-ring (bicyclic) bond motifs is 5. The number of hydrogen-bond donors (Lipinski definition) is 0. The summed E-state index contributed by atoms with van der Waals surface area (Å²) < 4.78 is 16.8. The molecule has 0 aliphatic carbocycles. The molecule has 33 heavy (non-hydrogen) atoms. The van der Waals surface area contributed by atoms with Crippen molar-refractivity contribution in [3.8, 4) is 17.1 Å². The minimum atomic E-state index is -1.82. The van der Waals surface area contributed by atoms with Gasteiger partial charge in [0.2, 0.25) is 5.60 Å². The Balaban J connectivity index is 1.70. The molecule has 1 aromatic carbocycles. The first-order chi connectivity index (χ1) is 15.7. The molecule has 0 saturated carbocycles. The summed E-state index contributed by atoms with van der Waals surface area (Å²) in [4.78, 5) is 53.3. The van der Waals surface area contributed by atoms with Gasteiger partial charge >= 0.3 is 16.8 Å². The van der Waals surface area contributed by atoms with E-state index in [0.717, 1.165) is 5.56 Å². The molecule has 168 valence electrons. The summed E-state index contributed by atoms with van der Waals surface area (Å²) in [5.74, 6) is -0.527. The summed E-state index contributed by atoms with van der Waals surface area (Å²) >= 11 is 10.7. The van der Waals surface area contributed by atoms with Crippen molar-refractivity contribution in [1.82, 2.24) is 9.55 Å². The molecule has 0 bridgehead atoms. The summed E-state index contributed by atoms with van der Waals surface area (Å²) in [6.45, 7) is 1.63. The number of carbonyl (C=O) groups is 3. The zero-order valence-corrected chi connectivity index (χ0v) is 18.5. The fraction of sp³-hybridized carbons (Fsp3) is 0.227. The zero-order chi connectivity index (χ0) is 23.5. The van der Waals surface area contributed by atoms with Crippen molar-refractivity contribution in [2.75, 3.05) is 0 Å². The molecule has 3 aromatic rings. The van der Waals surface area contributed by atoms with Crippen LogP contribution in [0.25, 0.3) is 22.3 Å². The second-order valence-corrected chi connectivity index (χ2v) is 8.22. The molecule has 4 heterocycles. The van der Waals surface area contributed by atoms with E-state index in [0.29, 0.717) is 22.3 Å². The molecule has 11 heteroatoms. The molecule has 5 rings (SSSR count). The molecule has 0 N–H and O–H groups in total. The van der Waals surface area contributed by atoms with Crippen LogP contribution in [0.4, 0.5) is 9.59 Å². The van der Waals surface area contributed by atoms with Gasteiger partial charge in [0.25, 0.3) is 5.56 Å². The van der Waals surface area contributed by atoms with Gasteiger partial charge in [0.15, 0.2) is 0 Å². The Bertz CT molecular complexity index is 1450. The Morgan fingerprint density at radius 2 is 1.97 bits per heavy atom. The van der Waals surface area contributed by atoms with E-state index in [1.54, 1.807) is 31.2 Å². The highest BCUT2D eigenvalue weighted by Crippen LogP contribution is 2.41. The Hall–Kier alpha value is -3.43. The molecule has 0 fully saturated rings. The van der Waals surface area contributed by atoms with Gasteiger partial charge in [0.1, 0.15) is 12.4 Å². The molecule has 0 spiro atoms. The second kappa shape index (κ2) is 7.57. The molecule has 0 unspecified atom stereocenters. The van der Waals surface area contributed by atoms with Crippen molar-refractivity contribution in [2.45, 2.75) is 32.1 Å². The Morgan fingerprint density at radius 1 is 1.18 bits per heavy atom. The maximum atomic E-state index is 13.3. The predicted octanol–water partition coefficient (Wildman–Crippen LogP) is 4.20. The lowest BCUT2D eigenvalue weighted by atomic mass is 9.85. The average Bonchev–Trinajstić information content (AvgIpc) is 3.11. The molecular formula is C22H14Cl2N2O7. The minimum Gasteiger partial charge on any atom is -0.457 e. The SMILES string of the molecule is CC[C@@]1(OC(=O)Cl)C(=O)OCc2c1cc1n(c2=O)Cc2cc3cc(OC(=O)Cl)ccc3nc2-1. The number of pyridine rings is 2. The molecule has 2 aliphatic rings. The van der Waals surface area contributed by atoms with E-state index >= 15 is 0 Å². The van der Waals surface area contributed by atoms with Crippen LogP contribution in [-0.2, 0) is 33.0 Å². The third-order valence-corrected chi connectivity index (χ3v) is 6.05. The number of ether oxygens (including phenoxy) is 3. The lowest BCUT2D eigenvalue weighted by molar-refractivity contribution is -0.171. The first-order valence-corrected chi connectivity index (χ1v) is 10.6. The van der Waals surface area contributed by atoms with Crippen LogP contribution in [0.1, 0.15) is 30.0 Å². The largest absolute Gasteiger partial charge is 0.457 e. The number of aromatic nitrogens is 2. The van der Waals surface area contributed by atoms with E-state index in [-0.39, 0.29) is 42.0 Å².